The Kier molecular flexibility index (Phi) is 4.86. The summed E-state index contributed by atoms with van der Waals surface area (Å²) in [4.78, 5) is 0. The highest BCUT2D eigenvalue weighted by atomic mass is 16.3. The molecule has 15 heavy (non-hydrogen) atoms. The van der Waals surface area contributed by atoms with Gasteiger partial charge in [-0.15, -0.1) is 0 Å². The number of aliphatic hydroxyl groups excluding tert-OH is 1. The van der Waals surface area contributed by atoms with Crippen molar-refractivity contribution in [3.8, 4) is 6.07 Å². The Bertz CT molecular complexity index is 315. The summed E-state index contributed by atoms with van der Waals surface area (Å²) >= 11 is 0. The van der Waals surface area contributed by atoms with Crippen LogP contribution in [-0.4, -0.2) is 5.11 Å². The Balaban J connectivity index is 2.66. The van der Waals surface area contributed by atoms with Crippen molar-refractivity contribution < 1.29 is 5.11 Å². The summed E-state index contributed by atoms with van der Waals surface area (Å²) in [5, 5.41) is 19.0. The van der Waals surface area contributed by atoms with E-state index in [2.05, 4.69) is 13.0 Å². The molecule has 1 N–H and O–H groups in total. The van der Waals surface area contributed by atoms with E-state index < -0.39 is 6.10 Å². The van der Waals surface area contributed by atoms with Crippen LogP contribution in [0.25, 0.3) is 0 Å². The van der Waals surface area contributed by atoms with E-state index in [0.29, 0.717) is 0 Å². The minimum absolute atomic E-state index is 0.285. The zero-order chi connectivity index (χ0) is 11.1. The van der Waals surface area contributed by atoms with Gasteiger partial charge in [-0.2, -0.15) is 5.26 Å². The Labute approximate surface area is 91.2 Å². The van der Waals surface area contributed by atoms with Crippen LogP contribution in [0.15, 0.2) is 30.3 Å². The lowest BCUT2D eigenvalue weighted by molar-refractivity contribution is 0.129. The monoisotopic (exact) mass is 203 g/mol. The van der Waals surface area contributed by atoms with E-state index >= 15 is 0 Å². The van der Waals surface area contributed by atoms with Gasteiger partial charge in [-0.1, -0.05) is 50.1 Å². The summed E-state index contributed by atoms with van der Waals surface area (Å²) in [7, 11) is 0. The standard InChI is InChI=1S/C13H17NO/c1-2-3-7-12(10-14)13(15)11-8-5-4-6-9-11/h4-6,8-9,12-13,15H,2-3,7H2,1H3. The molecule has 2 unspecified atom stereocenters. The first-order valence-corrected chi connectivity index (χ1v) is 5.42. The molecule has 0 aliphatic rings. The molecule has 0 saturated heterocycles. The van der Waals surface area contributed by atoms with E-state index in [0.717, 1.165) is 24.8 Å². The molecule has 0 saturated carbocycles. The Morgan fingerprint density at radius 1 is 1.33 bits per heavy atom. The Morgan fingerprint density at radius 2 is 2.00 bits per heavy atom. The van der Waals surface area contributed by atoms with Crippen LogP contribution in [0.2, 0.25) is 0 Å². The summed E-state index contributed by atoms with van der Waals surface area (Å²) in [6, 6.07) is 11.6. The average Bonchev–Trinajstić information content (AvgIpc) is 2.31. The fraction of sp³-hybridized carbons (Fsp3) is 0.462. The third-order valence-electron chi connectivity index (χ3n) is 2.56. The van der Waals surface area contributed by atoms with Crippen molar-refractivity contribution in [2.24, 2.45) is 5.92 Å². The van der Waals surface area contributed by atoms with Gasteiger partial charge in [0.1, 0.15) is 0 Å². The molecule has 0 heterocycles. The minimum Gasteiger partial charge on any atom is -0.387 e. The van der Waals surface area contributed by atoms with Crippen molar-refractivity contribution in [1.82, 2.24) is 0 Å². The molecule has 1 aromatic rings. The number of nitrogens with zero attached hydrogens (tertiary/aromatic N) is 1. The third-order valence-corrected chi connectivity index (χ3v) is 2.56. The molecule has 0 aliphatic carbocycles. The van der Waals surface area contributed by atoms with E-state index in [9.17, 15) is 5.11 Å². The van der Waals surface area contributed by atoms with Crippen LogP contribution >= 0.6 is 0 Å². The van der Waals surface area contributed by atoms with Crippen molar-refractivity contribution in [3.05, 3.63) is 35.9 Å². The van der Waals surface area contributed by atoms with Gasteiger partial charge in [-0.25, -0.2) is 0 Å². The molecule has 0 radical (unpaired) electrons. The number of unbranched alkanes of at least 4 members (excludes halogenated alkanes) is 1. The zero-order valence-corrected chi connectivity index (χ0v) is 9.06. The van der Waals surface area contributed by atoms with Crippen LogP contribution in [-0.2, 0) is 0 Å². The van der Waals surface area contributed by atoms with Crippen LogP contribution in [0.4, 0.5) is 0 Å². The van der Waals surface area contributed by atoms with Crippen molar-refractivity contribution in [3.63, 3.8) is 0 Å². The summed E-state index contributed by atoms with van der Waals surface area (Å²) in [5.74, 6) is -0.285. The Morgan fingerprint density at radius 3 is 2.53 bits per heavy atom. The van der Waals surface area contributed by atoms with Crippen LogP contribution in [0.5, 0.6) is 0 Å². The fourth-order valence-electron chi connectivity index (χ4n) is 1.60. The average molecular weight is 203 g/mol. The topological polar surface area (TPSA) is 44.0 Å². The lowest BCUT2D eigenvalue weighted by Gasteiger charge is -2.16. The van der Waals surface area contributed by atoms with E-state index in [1.54, 1.807) is 0 Å². The first kappa shape index (κ1) is 11.7. The second-order valence-electron chi connectivity index (χ2n) is 3.73. The first-order chi connectivity index (χ1) is 7.29. The van der Waals surface area contributed by atoms with Crippen molar-refractivity contribution >= 4 is 0 Å². The summed E-state index contributed by atoms with van der Waals surface area (Å²) < 4.78 is 0. The maximum absolute atomic E-state index is 9.98. The van der Waals surface area contributed by atoms with E-state index in [1.165, 1.54) is 0 Å². The highest BCUT2D eigenvalue weighted by Gasteiger charge is 2.19. The number of benzene rings is 1. The molecule has 2 atom stereocenters. The molecule has 80 valence electrons. The second-order valence-corrected chi connectivity index (χ2v) is 3.73. The molecule has 1 aromatic carbocycles. The number of nitriles is 1. The lowest BCUT2D eigenvalue weighted by atomic mass is 9.92. The van der Waals surface area contributed by atoms with E-state index in [-0.39, 0.29) is 5.92 Å². The quantitative estimate of drug-likeness (QED) is 0.799. The number of hydrogen-bond donors (Lipinski definition) is 1. The Hall–Kier alpha value is -1.33. The summed E-state index contributed by atoms with van der Waals surface area (Å²) in [6.45, 7) is 2.09. The van der Waals surface area contributed by atoms with Gasteiger partial charge in [0, 0.05) is 0 Å². The second kappa shape index (κ2) is 6.21. The highest BCUT2D eigenvalue weighted by Crippen LogP contribution is 2.25. The molecule has 0 bridgehead atoms. The fourth-order valence-corrected chi connectivity index (χ4v) is 1.60. The molecule has 0 amide bonds. The van der Waals surface area contributed by atoms with Gasteiger partial charge >= 0.3 is 0 Å². The molecule has 0 fully saturated rings. The van der Waals surface area contributed by atoms with Crippen molar-refractivity contribution in [2.45, 2.75) is 32.3 Å². The van der Waals surface area contributed by atoms with Crippen LogP contribution in [0.3, 0.4) is 0 Å². The normalized spacial score (nSPS) is 14.2. The highest BCUT2D eigenvalue weighted by molar-refractivity contribution is 5.19. The predicted octanol–water partition coefficient (Wildman–Crippen LogP) is 3.05. The van der Waals surface area contributed by atoms with Crippen LogP contribution in [0, 0.1) is 17.2 Å². The number of aliphatic hydroxyl groups is 1. The minimum atomic E-state index is -0.650. The van der Waals surface area contributed by atoms with Gasteiger partial charge in [0.15, 0.2) is 0 Å². The van der Waals surface area contributed by atoms with Gasteiger partial charge in [0.2, 0.25) is 0 Å². The predicted molar refractivity (Wildman–Crippen MR) is 60.0 cm³/mol. The number of hydrogen-bond acceptors (Lipinski definition) is 2. The third kappa shape index (κ3) is 3.38. The molecule has 0 aromatic heterocycles. The molecule has 2 nitrogen and oxygen atoms in total. The largest absolute Gasteiger partial charge is 0.387 e. The van der Waals surface area contributed by atoms with Gasteiger partial charge < -0.3 is 5.11 Å². The maximum Gasteiger partial charge on any atom is 0.0948 e. The summed E-state index contributed by atoms with van der Waals surface area (Å²) in [5.41, 5.74) is 0.833. The van der Waals surface area contributed by atoms with E-state index in [1.807, 2.05) is 30.3 Å². The first-order valence-electron chi connectivity index (χ1n) is 5.42. The molecule has 2 heteroatoms. The van der Waals surface area contributed by atoms with Crippen LogP contribution in [0.1, 0.15) is 37.9 Å². The van der Waals surface area contributed by atoms with Gasteiger partial charge in [-0.3, -0.25) is 0 Å². The lowest BCUT2D eigenvalue weighted by Crippen LogP contribution is -2.10. The molecule has 0 aliphatic heterocycles. The SMILES string of the molecule is CCCCC(C#N)C(O)c1ccccc1. The van der Waals surface area contributed by atoms with Crippen molar-refractivity contribution in [1.29, 1.82) is 5.26 Å². The smallest absolute Gasteiger partial charge is 0.0948 e. The summed E-state index contributed by atoms with van der Waals surface area (Å²) in [6.07, 6.45) is 2.16. The van der Waals surface area contributed by atoms with Gasteiger partial charge in [0.25, 0.3) is 0 Å². The number of rotatable bonds is 5. The van der Waals surface area contributed by atoms with Crippen molar-refractivity contribution in [2.75, 3.05) is 0 Å². The van der Waals surface area contributed by atoms with E-state index in [4.69, 9.17) is 5.26 Å². The molecular formula is C13H17NO. The van der Waals surface area contributed by atoms with Gasteiger partial charge in [0.05, 0.1) is 18.1 Å². The maximum atomic E-state index is 9.98. The molecule has 0 spiro atoms. The van der Waals surface area contributed by atoms with Gasteiger partial charge in [-0.05, 0) is 12.0 Å². The zero-order valence-electron chi connectivity index (χ0n) is 9.06. The molecule has 1 rings (SSSR count). The molecular weight excluding hydrogens is 186 g/mol. The van der Waals surface area contributed by atoms with Crippen LogP contribution < -0.4 is 0 Å².